The van der Waals surface area contributed by atoms with Gasteiger partial charge in [0.2, 0.25) is 5.91 Å². The maximum Gasteiger partial charge on any atom is 0.223 e. The number of carbonyl (C=O) groups excluding carboxylic acids is 1. The van der Waals surface area contributed by atoms with E-state index in [9.17, 15) is 4.79 Å². The molecule has 4 heteroatoms. The Hall–Kier alpha value is -2.88. The molecule has 0 unspecified atom stereocenters. The van der Waals surface area contributed by atoms with Gasteiger partial charge in [-0.25, -0.2) is 0 Å². The van der Waals surface area contributed by atoms with E-state index in [0.717, 1.165) is 24.4 Å². The summed E-state index contributed by atoms with van der Waals surface area (Å²) in [5.74, 6) is 1.37. The number of carbonyl (C=O) groups is 1. The first-order chi connectivity index (χ1) is 12.3. The minimum Gasteiger partial charge on any atom is -0.469 e. The number of furan rings is 1. The molecule has 2 aromatic heterocycles. The highest BCUT2D eigenvalue weighted by molar-refractivity contribution is 5.78. The average molecular weight is 332 g/mol. The maximum atomic E-state index is 12.7. The molecular weight excluding hydrogens is 312 g/mol. The van der Waals surface area contributed by atoms with Gasteiger partial charge in [0.15, 0.2) is 0 Å². The summed E-state index contributed by atoms with van der Waals surface area (Å²) in [6.45, 7) is 1.54. The normalized spacial score (nSPS) is 15.6. The van der Waals surface area contributed by atoms with Crippen molar-refractivity contribution < 1.29 is 9.21 Å². The zero-order chi connectivity index (χ0) is 17.1. The lowest BCUT2D eigenvalue weighted by molar-refractivity contribution is -0.135. The van der Waals surface area contributed by atoms with Gasteiger partial charge in [-0.1, -0.05) is 36.4 Å². The Kier molecular flexibility index (Phi) is 4.34. The summed E-state index contributed by atoms with van der Waals surface area (Å²) in [6.07, 6.45) is 5.76. The number of rotatable bonds is 5. The van der Waals surface area contributed by atoms with Crippen LogP contribution in [-0.4, -0.2) is 28.9 Å². The molecule has 0 spiro atoms. The fourth-order valence-corrected chi connectivity index (χ4v) is 3.37. The van der Waals surface area contributed by atoms with Gasteiger partial charge < -0.3 is 9.32 Å². The van der Waals surface area contributed by atoms with Crippen molar-refractivity contribution in [2.45, 2.75) is 18.3 Å². The molecule has 3 aromatic rings. The number of hydrogen-bond acceptors (Lipinski definition) is 3. The molecule has 1 saturated heterocycles. The van der Waals surface area contributed by atoms with Crippen LogP contribution in [0.25, 0.3) is 0 Å². The quantitative estimate of drug-likeness (QED) is 0.713. The van der Waals surface area contributed by atoms with Gasteiger partial charge in [0.1, 0.15) is 5.76 Å². The van der Waals surface area contributed by atoms with Gasteiger partial charge in [0, 0.05) is 37.8 Å². The molecule has 0 saturated carbocycles. The van der Waals surface area contributed by atoms with Crippen molar-refractivity contribution >= 4 is 5.91 Å². The van der Waals surface area contributed by atoms with Crippen LogP contribution in [0.5, 0.6) is 0 Å². The van der Waals surface area contributed by atoms with E-state index in [2.05, 4.69) is 23.2 Å². The van der Waals surface area contributed by atoms with E-state index in [1.165, 1.54) is 5.56 Å². The predicted molar refractivity (Wildman–Crippen MR) is 95.2 cm³/mol. The first-order valence-corrected chi connectivity index (χ1v) is 8.57. The van der Waals surface area contributed by atoms with Crippen molar-refractivity contribution in [1.82, 2.24) is 9.88 Å². The van der Waals surface area contributed by atoms with Crippen LogP contribution in [0.1, 0.15) is 35.1 Å². The number of aromatic nitrogens is 1. The Morgan fingerprint density at radius 2 is 1.96 bits per heavy atom. The van der Waals surface area contributed by atoms with Crippen LogP contribution < -0.4 is 0 Å². The van der Waals surface area contributed by atoms with Crippen molar-refractivity contribution in [2.75, 3.05) is 13.1 Å². The van der Waals surface area contributed by atoms with Gasteiger partial charge in [-0.3, -0.25) is 9.78 Å². The lowest BCUT2D eigenvalue weighted by Crippen LogP contribution is -2.48. The second kappa shape index (κ2) is 6.93. The molecular formula is C21H20N2O2. The van der Waals surface area contributed by atoms with Gasteiger partial charge in [-0.2, -0.15) is 0 Å². The molecule has 1 fully saturated rings. The largest absolute Gasteiger partial charge is 0.469 e. The minimum absolute atomic E-state index is 0.0406. The zero-order valence-electron chi connectivity index (χ0n) is 13.9. The van der Waals surface area contributed by atoms with E-state index in [4.69, 9.17) is 4.42 Å². The Labute approximate surface area is 147 Å². The molecule has 4 rings (SSSR count). The molecule has 25 heavy (non-hydrogen) atoms. The van der Waals surface area contributed by atoms with Crippen molar-refractivity contribution in [1.29, 1.82) is 0 Å². The fourth-order valence-electron chi connectivity index (χ4n) is 3.37. The van der Waals surface area contributed by atoms with Crippen molar-refractivity contribution in [3.05, 3.63) is 90.1 Å². The Balaban J connectivity index is 1.44. The number of nitrogens with zero attached hydrogens (tertiary/aromatic N) is 2. The summed E-state index contributed by atoms with van der Waals surface area (Å²) in [6, 6.07) is 17.9. The highest BCUT2D eigenvalue weighted by Crippen LogP contribution is 2.32. The Morgan fingerprint density at radius 3 is 2.64 bits per heavy atom. The summed E-state index contributed by atoms with van der Waals surface area (Å²) >= 11 is 0. The highest BCUT2D eigenvalue weighted by Gasteiger charge is 2.33. The molecule has 0 aliphatic carbocycles. The smallest absolute Gasteiger partial charge is 0.223 e. The van der Waals surface area contributed by atoms with E-state index in [-0.39, 0.29) is 11.8 Å². The first-order valence-electron chi connectivity index (χ1n) is 8.57. The highest BCUT2D eigenvalue weighted by atomic mass is 16.3. The molecule has 1 aliphatic heterocycles. The minimum atomic E-state index is -0.0406. The number of likely N-dealkylation sites (tertiary alicyclic amines) is 1. The van der Waals surface area contributed by atoms with Gasteiger partial charge in [0.25, 0.3) is 0 Å². The molecule has 1 amide bonds. The van der Waals surface area contributed by atoms with E-state index in [1.54, 1.807) is 12.5 Å². The van der Waals surface area contributed by atoms with Crippen LogP contribution in [0, 0.1) is 0 Å². The van der Waals surface area contributed by atoms with Crippen LogP contribution in [0.3, 0.4) is 0 Å². The van der Waals surface area contributed by atoms with Crippen LogP contribution in [0.15, 0.2) is 77.7 Å². The van der Waals surface area contributed by atoms with Crippen LogP contribution in [0.2, 0.25) is 0 Å². The first kappa shape index (κ1) is 15.6. The molecule has 4 nitrogen and oxygen atoms in total. The monoisotopic (exact) mass is 332 g/mol. The van der Waals surface area contributed by atoms with Crippen molar-refractivity contribution in [3.8, 4) is 0 Å². The number of pyridine rings is 1. The standard InChI is InChI=1S/C21H20N2O2/c24-21(23-14-18(15-23)17-8-4-10-22-13-17)12-19(20-9-5-11-25-20)16-6-2-1-3-7-16/h1-11,13,18-19H,12,14-15H2/t19-/m0/s1. The van der Waals surface area contributed by atoms with E-state index >= 15 is 0 Å². The topological polar surface area (TPSA) is 46.3 Å². The molecule has 0 radical (unpaired) electrons. The molecule has 3 heterocycles. The molecule has 1 aromatic carbocycles. The van der Waals surface area contributed by atoms with Crippen LogP contribution >= 0.6 is 0 Å². The average Bonchev–Trinajstić information content (AvgIpc) is 3.14. The summed E-state index contributed by atoms with van der Waals surface area (Å²) < 4.78 is 5.59. The second-order valence-electron chi connectivity index (χ2n) is 6.46. The van der Waals surface area contributed by atoms with Crippen LogP contribution in [0.4, 0.5) is 0 Å². The molecule has 1 atom stereocenters. The molecule has 0 bridgehead atoms. The second-order valence-corrected chi connectivity index (χ2v) is 6.46. The molecule has 1 aliphatic rings. The fraction of sp³-hybridized carbons (Fsp3) is 0.238. The third-order valence-electron chi connectivity index (χ3n) is 4.86. The lowest BCUT2D eigenvalue weighted by Gasteiger charge is -2.40. The third-order valence-corrected chi connectivity index (χ3v) is 4.86. The van der Waals surface area contributed by atoms with Gasteiger partial charge >= 0.3 is 0 Å². The zero-order valence-corrected chi connectivity index (χ0v) is 13.9. The van der Waals surface area contributed by atoms with Gasteiger partial charge in [0.05, 0.1) is 12.2 Å². The maximum absolute atomic E-state index is 12.7. The molecule has 126 valence electrons. The Bertz CT molecular complexity index is 810. The summed E-state index contributed by atoms with van der Waals surface area (Å²) in [5, 5.41) is 0. The SMILES string of the molecule is O=C(C[C@@H](c1ccccc1)c1ccco1)N1CC(c2cccnc2)C1. The number of benzene rings is 1. The molecule has 0 N–H and O–H groups in total. The Morgan fingerprint density at radius 1 is 1.12 bits per heavy atom. The van der Waals surface area contributed by atoms with Gasteiger partial charge in [-0.15, -0.1) is 0 Å². The van der Waals surface area contributed by atoms with Crippen LogP contribution in [-0.2, 0) is 4.79 Å². The number of amides is 1. The van der Waals surface area contributed by atoms with Gasteiger partial charge in [-0.05, 0) is 29.3 Å². The predicted octanol–water partition coefficient (Wildman–Crippen LogP) is 3.82. The van der Waals surface area contributed by atoms with E-state index in [1.807, 2.05) is 47.5 Å². The summed E-state index contributed by atoms with van der Waals surface area (Å²) in [4.78, 5) is 18.8. The van der Waals surface area contributed by atoms with Crippen molar-refractivity contribution in [3.63, 3.8) is 0 Å². The van der Waals surface area contributed by atoms with E-state index < -0.39 is 0 Å². The van der Waals surface area contributed by atoms with Crippen molar-refractivity contribution in [2.24, 2.45) is 0 Å². The third kappa shape index (κ3) is 3.33. The summed E-state index contributed by atoms with van der Waals surface area (Å²) in [7, 11) is 0. The van der Waals surface area contributed by atoms with E-state index in [0.29, 0.717) is 12.3 Å². The number of hydrogen-bond donors (Lipinski definition) is 0. The lowest BCUT2D eigenvalue weighted by atomic mass is 9.89. The summed E-state index contributed by atoms with van der Waals surface area (Å²) in [5.41, 5.74) is 2.31.